The van der Waals surface area contributed by atoms with Gasteiger partial charge in [0.25, 0.3) is 0 Å². The van der Waals surface area contributed by atoms with E-state index in [-0.39, 0.29) is 11.9 Å². The highest BCUT2D eigenvalue weighted by atomic mass is 15.1. The van der Waals surface area contributed by atoms with Gasteiger partial charge < -0.3 is 17.2 Å². The Hall–Kier alpha value is -2.04. The van der Waals surface area contributed by atoms with Crippen LogP contribution in [0.15, 0.2) is 34.3 Å². The number of nitrogens with two attached hydrogens (primary N) is 3. The van der Waals surface area contributed by atoms with Gasteiger partial charge >= 0.3 is 0 Å². The van der Waals surface area contributed by atoms with Gasteiger partial charge in [0, 0.05) is 6.54 Å². The van der Waals surface area contributed by atoms with Gasteiger partial charge in [-0.15, -0.1) is 0 Å². The van der Waals surface area contributed by atoms with E-state index < -0.39 is 0 Å². The molecule has 0 heterocycles. The Labute approximate surface area is 95.1 Å². The molecule has 0 atom stereocenters. The summed E-state index contributed by atoms with van der Waals surface area (Å²) in [5.41, 5.74) is 18.2. The molecule has 0 aliphatic carbocycles. The first-order valence-corrected chi connectivity index (χ1v) is 5.03. The minimum Gasteiger partial charge on any atom is -0.370 e. The average molecular weight is 219 g/mol. The number of guanidine groups is 2. The first-order valence-electron chi connectivity index (χ1n) is 5.03. The third kappa shape index (κ3) is 4.45. The lowest BCUT2D eigenvalue weighted by molar-refractivity contribution is 0.961. The Balaban J connectivity index is 2.47. The molecule has 0 saturated carbocycles. The van der Waals surface area contributed by atoms with Crippen LogP contribution in [0.5, 0.6) is 0 Å². The quantitative estimate of drug-likeness (QED) is 0.497. The lowest BCUT2D eigenvalue weighted by Gasteiger charge is -1.99. The molecular formula is C11H17N5. The van der Waals surface area contributed by atoms with Crippen LogP contribution < -0.4 is 17.2 Å². The molecule has 0 aromatic heterocycles. The Morgan fingerprint density at radius 3 is 2.31 bits per heavy atom. The molecule has 0 bridgehead atoms. The highest BCUT2D eigenvalue weighted by Crippen LogP contribution is 2.03. The maximum Gasteiger partial charge on any atom is 0.218 e. The second kappa shape index (κ2) is 5.75. The van der Waals surface area contributed by atoms with Crippen molar-refractivity contribution in [2.45, 2.75) is 13.3 Å². The van der Waals surface area contributed by atoms with Crippen molar-refractivity contribution < 1.29 is 0 Å². The zero-order valence-electron chi connectivity index (χ0n) is 9.35. The monoisotopic (exact) mass is 219 g/mol. The summed E-state index contributed by atoms with van der Waals surface area (Å²) in [4.78, 5) is 7.65. The number of hydrogen-bond donors (Lipinski definition) is 3. The van der Waals surface area contributed by atoms with E-state index in [4.69, 9.17) is 17.2 Å². The van der Waals surface area contributed by atoms with Gasteiger partial charge in [-0.1, -0.05) is 29.8 Å². The van der Waals surface area contributed by atoms with E-state index in [1.807, 2.05) is 0 Å². The molecule has 0 radical (unpaired) electrons. The molecule has 5 nitrogen and oxygen atoms in total. The minimum absolute atomic E-state index is 0.0726. The molecule has 0 saturated heterocycles. The fourth-order valence-electron chi connectivity index (χ4n) is 1.22. The van der Waals surface area contributed by atoms with Crippen LogP contribution in [-0.4, -0.2) is 18.5 Å². The number of aryl methyl sites for hydroxylation is 1. The van der Waals surface area contributed by atoms with E-state index in [1.54, 1.807) is 0 Å². The van der Waals surface area contributed by atoms with Crippen LogP contribution in [0.2, 0.25) is 0 Å². The number of aliphatic imine (C=N–C) groups is 2. The molecule has 1 aromatic rings. The van der Waals surface area contributed by atoms with Crippen molar-refractivity contribution in [1.82, 2.24) is 0 Å². The van der Waals surface area contributed by atoms with Crippen molar-refractivity contribution in [3.05, 3.63) is 35.4 Å². The van der Waals surface area contributed by atoms with Crippen molar-refractivity contribution in [2.75, 3.05) is 6.54 Å². The summed E-state index contributed by atoms with van der Waals surface area (Å²) in [6, 6.07) is 8.28. The van der Waals surface area contributed by atoms with Crippen molar-refractivity contribution in [2.24, 2.45) is 27.2 Å². The Morgan fingerprint density at radius 2 is 1.75 bits per heavy atom. The number of hydrogen-bond acceptors (Lipinski definition) is 1. The number of nitrogens with zero attached hydrogens (tertiary/aromatic N) is 2. The number of rotatable bonds is 3. The van der Waals surface area contributed by atoms with Crippen molar-refractivity contribution >= 4 is 11.9 Å². The van der Waals surface area contributed by atoms with Gasteiger partial charge in [0.05, 0.1) is 0 Å². The predicted octanol–water partition coefficient (Wildman–Crippen LogP) is 0.126. The second-order valence-corrected chi connectivity index (χ2v) is 3.51. The molecule has 6 N–H and O–H groups in total. The molecular weight excluding hydrogens is 202 g/mol. The topological polar surface area (TPSA) is 103 Å². The van der Waals surface area contributed by atoms with Gasteiger partial charge in [0.2, 0.25) is 5.96 Å². The van der Waals surface area contributed by atoms with Gasteiger partial charge in [0.15, 0.2) is 5.96 Å². The molecule has 0 unspecified atom stereocenters. The van der Waals surface area contributed by atoms with E-state index in [0.717, 1.165) is 6.42 Å². The van der Waals surface area contributed by atoms with Crippen LogP contribution >= 0.6 is 0 Å². The first kappa shape index (κ1) is 12.0. The smallest absolute Gasteiger partial charge is 0.218 e. The van der Waals surface area contributed by atoms with Crippen LogP contribution in [0.4, 0.5) is 0 Å². The van der Waals surface area contributed by atoms with Crippen LogP contribution in [-0.2, 0) is 6.42 Å². The first-order chi connectivity index (χ1) is 7.58. The van der Waals surface area contributed by atoms with Crippen LogP contribution in [0, 0.1) is 6.92 Å². The Morgan fingerprint density at radius 1 is 1.12 bits per heavy atom. The van der Waals surface area contributed by atoms with Gasteiger partial charge in [0.1, 0.15) is 0 Å². The van der Waals surface area contributed by atoms with E-state index in [9.17, 15) is 0 Å². The molecule has 0 spiro atoms. The molecule has 5 heteroatoms. The normalized spacial score (nSPS) is 11.2. The highest BCUT2D eigenvalue weighted by Gasteiger charge is 1.93. The summed E-state index contributed by atoms with van der Waals surface area (Å²) in [5.74, 6) is 0.0451. The summed E-state index contributed by atoms with van der Waals surface area (Å²) < 4.78 is 0. The molecule has 0 fully saturated rings. The summed E-state index contributed by atoms with van der Waals surface area (Å²) >= 11 is 0. The van der Waals surface area contributed by atoms with E-state index in [0.29, 0.717) is 6.54 Å². The van der Waals surface area contributed by atoms with Crippen LogP contribution in [0.3, 0.4) is 0 Å². The third-order valence-electron chi connectivity index (χ3n) is 2.04. The summed E-state index contributed by atoms with van der Waals surface area (Å²) in [6.07, 6.45) is 0.820. The van der Waals surface area contributed by atoms with Gasteiger partial charge in [-0.05, 0) is 18.9 Å². The SMILES string of the molecule is Cc1ccc(CCN=C(N)N=C(N)N)cc1. The van der Waals surface area contributed by atoms with E-state index in [1.165, 1.54) is 11.1 Å². The van der Waals surface area contributed by atoms with E-state index >= 15 is 0 Å². The fraction of sp³-hybridized carbons (Fsp3) is 0.273. The maximum absolute atomic E-state index is 5.47. The predicted molar refractivity (Wildman–Crippen MR) is 67.2 cm³/mol. The minimum atomic E-state index is -0.0726. The van der Waals surface area contributed by atoms with E-state index in [2.05, 4.69) is 41.2 Å². The van der Waals surface area contributed by atoms with Crippen LogP contribution in [0.1, 0.15) is 11.1 Å². The molecule has 0 aliphatic rings. The summed E-state index contributed by atoms with van der Waals surface area (Å²) in [5, 5.41) is 0. The summed E-state index contributed by atoms with van der Waals surface area (Å²) in [7, 11) is 0. The molecule has 1 rings (SSSR count). The van der Waals surface area contributed by atoms with Gasteiger partial charge in [-0.2, -0.15) is 4.99 Å². The van der Waals surface area contributed by atoms with Crippen LogP contribution in [0.25, 0.3) is 0 Å². The Kier molecular flexibility index (Phi) is 4.32. The van der Waals surface area contributed by atoms with Crippen molar-refractivity contribution in [3.63, 3.8) is 0 Å². The molecule has 86 valence electrons. The van der Waals surface area contributed by atoms with Gasteiger partial charge in [-0.25, -0.2) is 0 Å². The lowest BCUT2D eigenvalue weighted by Crippen LogP contribution is -2.26. The Bertz CT molecular complexity index is 387. The molecule has 0 aliphatic heterocycles. The van der Waals surface area contributed by atoms with Gasteiger partial charge in [-0.3, -0.25) is 4.99 Å². The molecule has 16 heavy (non-hydrogen) atoms. The largest absolute Gasteiger partial charge is 0.370 e. The lowest BCUT2D eigenvalue weighted by atomic mass is 10.1. The van der Waals surface area contributed by atoms with Crippen molar-refractivity contribution in [1.29, 1.82) is 0 Å². The standard InChI is InChI=1S/C11H17N5/c1-8-2-4-9(5-3-8)6-7-15-11(14)16-10(12)13/h2-5H,6-7H2,1H3,(H6,12,13,14,15,16). The zero-order chi connectivity index (χ0) is 12.0. The molecule has 0 amide bonds. The summed E-state index contributed by atoms with van der Waals surface area (Å²) in [6.45, 7) is 2.63. The highest BCUT2D eigenvalue weighted by molar-refractivity contribution is 5.92. The average Bonchev–Trinajstić information content (AvgIpc) is 2.20. The maximum atomic E-state index is 5.47. The second-order valence-electron chi connectivity index (χ2n) is 3.51. The third-order valence-corrected chi connectivity index (χ3v) is 2.04. The fourth-order valence-corrected chi connectivity index (χ4v) is 1.22. The number of benzene rings is 1. The molecule has 1 aromatic carbocycles. The van der Waals surface area contributed by atoms with Crippen molar-refractivity contribution in [3.8, 4) is 0 Å². The zero-order valence-corrected chi connectivity index (χ0v) is 9.35.